The Labute approximate surface area is 88.7 Å². The molecule has 2 N–H and O–H groups in total. The first-order valence-corrected chi connectivity index (χ1v) is 4.85. The molecule has 0 radical (unpaired) electrons. The van der Waals surface area contributed by atoms with Crippen molar-refractivity contribution in [1.29, 1.82) is 0 Å². The first-order chi connectivity index (χ1) is 7.00. The monoisotopic (exact) mass is 214 g/mol. The lowest BCUT2D eigenvalue weighted by Gasteiger charge is -2.19. The Bertz CT molecular complexity index is 296. The molecule has 0 aliphatic carbocycles. The fourth-order valence-electron chi connectivity index (χ4n) is 1.34. The smallest absolute Gasteiger partial charge is 0.255 e. The van der Waals surface area contributed by atoms with Crippen LogP contribution in [0.15, 0.2) is 24.3 Å². The number of nitrogens with zero attached hydrogens (tertiary/aromatic N) is 1. The van der Waals surface area contributed by atoms with Gasteiger partial charge in [0.2, 0.25) is 0 Å². The summed E-state index contributed by atoms with van der Waals surface area (Å²) < 4.78 is 24.2. The SMILES string of the molecule is C[C@@H](N)c1ccc(N(C)CC(F)F)cc1. The van der Waals surface area contributed by atoms with Gasteiger partial charge in [-0.1, -0.05) is 12.1 Å². The second-order valence-electron chi connectivity index (χ2n) is 3.65. The van der Waals surface area contributed by atoms with Crippen molar-refractivity contribution in [2.24, 2.45) is 5.73 Å². The minimum atomic E-state index is -2.32. The Morgan fingerprint density at radius 3 is 2.20 bits per heavy atom. The topological polar surface area (TPSA) is 29.3 Å². The van der Waals surface area contributed by atoms with E-state index in [9.17, 15) is 8.78 Å². The van der Waals surface area contributed by atoms with Gasteiger partial charge in [-0.25, -0.2) is 8.78 Å². The Morgan fingerprint density at radius 1 is 1.27 bits per heavy atom. The standard InChI is InChI=1S/C11H16F2N2/c1-8(14)9-3-5-10(6-4-9)15(2)7-11(12)13/h3-6,8,11H,7,14H2,1-2H3/t8-/m1/s1. The molecule has 1 atom stereocenters. The van der Waals surface area contributed by atoms with Crippen LogP contribution in [0.3, 0.4) is 0 Å². The number of halogens is 2. The summed E-state index contributed by atoms with van der Waals surface area (Å²) >= 11 is 0. The molecule has 0 fully saturated rings. The summed E-state index contributed by atoms with van der Waals surface area (Å²) in [6.07, 6.45) is -2.32. The van der Waals surface area contributed by atoms with E-state index in [1.807, 2.05) is 19.1 Å². The van der Waals surface area contributed by atoms with Gasteiger partial charge in [0.1, 0.15) is 0 Å². The molecule has 0 aliphatic rings. The zero-order valence-electron chi connectivity index (χ0n) is 8.95. The molecule has 0 bridgehead atoms. The molecule has 0 saturated heterocycles. The first kappa shape index (κ1) is 11.9. The van der Waals surface area contributed by atoms with E-state index in [1.54, 1.807) is 19.2 Å². The molecule has 0 saturated carbocycles. The lowest BCUT2D eigenvalue weighted by atomic mass is 10.1. The zero-order valence-corrected chi connectivity index (χ0v) is 8.95. The number of nitrogens with two attached hydrogens (primary N) is 1. The van der Waals surface area contributed by atoms with Crippen LogP contribution in [0.5, 0.6) is 0 Å². The van der Waals surface area contributed by atoms with Gasteiger partial charge in [0.25, 0.3) is 6.43 Å². The molecule has 84 valence electrons. The summed E-state index contributed by atoms with van der Waals surface area (Å²) in [7, 11) is 1.65. The molecule has 15 heavy (non-hydrogen) atoms. The molecule has 4 heteroatoms. The van der Waals surface area contributed by atoms with Crippen LogP contribution in [0.25, 0.3) is 0 Å². The quantitative estimate of drug-likeness (QED) is 0.834. The number of rotatable bonds is 4. The number of anilines is 1. The summed E-state index contributed by atoms with van der Waals surface area (Å²) in [4.78, 5) is 1.52. The number of alkyl halides is 2. The van der Waals surface area contributed by atoms with Crippen LogP contribution in [-0.2, 0) is 0 Å². The van der Waals surface area contributed by atoms with Crippen molar-refractivity contribution in [3.63, 3.8) is 0 Å². The molecule has 1 rings (SSSR count). The molecule has 0 unspecified atom stereocenters. The second-order valence-corrected chi connectivity index (χ2v) is 3.65. The third kappa shape index (κ3) is 3.47. The average molecular weight is 214 g/mol. The molecule has 1 aromatic rings. The molecule has 0 aromatic heterocycles. The Kier molecular flexibility index (Phi) is 4.03. The molecule has 2 nitrogen and oxygen atoms in total. The van der Waals surface area contributed by atoms with Crippen molar-refractivity contribution in [1.82, 2.24) is 0 Å². The summed E-state index contributed by atoms with van der Waals surface area (Å²) in [5.41, 5.74) is 7.47. The van der Waals surface area contributed by atoms with E-state index < -0.39 is 6.43 Å². The van der Waals surface area contributed by atoms with Gasteiger partial charge in [-0.3, -0.25) is 0 Å². The van der Waals surface area contributed by atoms with Gasteiger partial charge in [0, 0.05) is 18.8 Å². The normalized spacial score (nSPS) is 12.9. The predicted molar refractivity (Wildman–Crippen MR) is 58.3 cm³/mol. The lowest BCUT2D eigenvalue weighted by molar-refractivity contribution is 0.156. The third-order valence-corrected chi connectivity index (χ3v) is 2.27. The van der Waals surface area contributed by atoms with E-state index in [0.717, 1.165) is 11.3 Å². The van der Waals surface area contributed by atoms with Crippen LogP contribution in [0.2, 0.25) is 0 Å². The highest BCUT2D eigenvalue weighted by Gasteiger charge is 2.08. The summed E-state index contributed by atoms with van der Waals surface area (Å²) in [6, 6.07) is 7.31. The van der Waals surface area contributed by atoms with Crippen molar-refractivity contribution < 1.29 is 8.78 Å². The van der Waals surface area contributed by atoms with Gasteiger partial charge in [0.15, 0.2) is 0 Å². The molecule has 0 amide bonds. The molecule has 0 heterocycles. The van der Waals surface area contributed by atoms with Crippen molar-refractivity contribution >= 4 is 5.69 Å². The fourth-order valence-corrected chi connectivity index (χ4v) is 1.34. The number of hydrogen-bond acceptors (Lipinski definition) is 2. The lowest BCUT2D eigenvalue weighted by Crippen LogP contribution is -2.23. The Hall–Kier alpha value is -1.16. The van der Waals surface area contributed by atoms with Crippen molar-refractivity contribution in [2.75, 3.05) is 18.5 Å². The molecular weight excluding hydrogens is 198 g/mol. The third-order valence-electron chi connectivity index (χ3n) is 2.27. The molecule has 0 aliphatic heterocycles. The van der Waals surface area contributed by atoms with Gasteiger partial charge in [-0.05, 0) is 24.6 Å². The van der Waals surface area contributed by atoms with Crippen LogP contribution in [0.1, 0.15) is 18.5 Å². The zero-order chi connectivity index (χ0) is 11.4. The van der Waals surface area contributed by atoms with Crippen LogP contribution >= 0.6 is 0 Å². The Balaban J connectivity index is 2.71. The maximum absolute atomic E-state index is 12.1. The van der Waals surface area contributed by atoms with Crippen molar-refractivity contribution in [3.05, 3.63) is 29.8 Å². The van der Waals surface area contributed by atoms with E-state index in [0.29, 0.717) is 0 Å². The minimum Gasteiger partial charge on any atom is -0.369 e. The van der Waals surface area contributed by atoms with Gasteiger partial charge in [-0.2, -0.15) is 0 Å². The first-order valence-electron chi connectivity index (χ1n) is 4.85. The van der Waals surface area contributed by atoms with Crippen LogP contribution in [-0.4, -0.2) is 20.0 Å². The average Bonchev–Trinajstić information content (AvgIpc) is 2.17. The van der Waals surface area contributed by atoms with E-state index >= 15 is 0 Å². The van der Waals surface area contributed by atoms with Crippen LogP contribution < -0.4 is 10.6 Å². The van der Waals surface area contributed by atoms with E-state index in [4.69, 9.17) is 5.73 Å². The molecule has 0 spiro atoms. The number of hydrogen-bond donors (Lipinski definition) is 1. The van der Waals surface area contributed by atoms with Crippen LogP contribution in [0, 0.1) is 0 Å². The van der Waals surface area contributed by atoms with Crippen molar-refractivity contribution in [3.8, 4) is 0 Å². The molecule has 1 aromatic carbocycles. The number of benzene rings is 1. The summed E-state index contributed by atoms with van der Waals surface area (Å²) in [6.45, 7) is 1.63. The predicted octanol–water partition coefficient (Wildman–Crippen LogP) is 2.41. The van der Waals surface area contributed by atoms with Crippen LogP contribution in [0.4, 0.5) is 14.5 Å². The highest BCUT2D eigenvalue weighted by molar-refractivity contribution is 5.47. The maximum atomic E-state index is 12.1. The van der Waals surface area contributed by atoms with Gasteiger partial charge in [-0.15, -0.1) is 0 Å². The van der Waals surface area contributed by atoms with E-state index in [2.05, 4.69) is 0 Å². The Morgan fingerprint density at radius 2 is 1.80 bits per heavy atom. The highest BCUT2D eigenvalue weighted by Crippen LogP contribution is 2.17. The van der Waals surface area contributed by atoms with Gasteiger partial charge < -0.3 is 10.6 Å². The van der Waals surface area contributed by atoms with E-state index in [-0.39, 0.29) is 12.6 Å². The van der Waals surface area contributed by atoms with Crippen molar-refractivity contribution in [2.45, 2.75) is 19.4 Å². The largest absolute Gasteiger partial charge is 0.369 e. The maximum Gasteiger partial charge on any atom is 0.255 e. The fraction of sp³-hybridized carbons (Fsp3) is 0.455. The second kappa shape index (κ2) is 5.07. The highest BCUT2D eigenvalue weighted by atomic mass is 19.3. The van der Waals surface area contributed by atoms with Gasteiger partial charge in [0.05, 0.1) is 6.54 Å². The summed E-state index contributed by atoms with van der Waals surface area (Å²) in [5, 5.41) is 0. The minimum absolute atomic E-state index is 0.0283. The van der Waals surface area contributed by atoms with Gasteiger partial charge >= 0.3 is 0 Å². The molecular formula is C11H16F2N2. The van der Waals surface area contributed by atoms with E-state index in [1.165, 1.54) is 4.90 Å². The summed E-state index contributed by atoms with van der Waals surface area (Å²) in [5.74, 6) is 0.